The average molecular weight is 233 g/mol. The Balaban J connectivity index is 2.62. The van der Waals surface area contributed by atoms with Gasteiger partial charge < -0.3 is 16.0 Å². The van der Waals surface area contributed by atoms with Crippen LogP contribution in [0.2, 0.25) is 0 Å². The molecule has 0 radical (unpaired) electrons. The van der Waals surface area contributed by atoms with Gasteiger partial charge in [0.25, 0.3) is 0 Å². The number of aliphatic imine (C=N–C) groups is 1. The Labute approximate surface area is 102 Å². The molecule has 0 aromatic carbocycles. The van der Waals surface area contributed by atoms with Crippen molar-refractivity contribution in [1.82, 2.24) is 10.3 Å². The SMILES string of the molecule is C=CCNC(N)=NCc1cccc(N(C)C)n1. The lowest BCUT2D eigenvalue weighted by Crippen LogP contribution is -2.31. The molecule has 5 heteroatoms. The number of nitrogens with one attached hydrogen (secondary N) is 1. The minimum Gasteiger partial charge on any atom is -0.370 e. The number of nitrogens with two attached hydrogens (primary N) is 1. The molecule has 1 heterocycles. The zero-order chi connectivity index (χ0) is 12.7. The van der Waals surface area contributed by atoms with E-state index in [9.17, 15) is 0 Å². The van der Waals surface area contributed by atoms with Gasteiger partial charge in [0.2, 0.25) is 0 Å². The highest BCUT2D eigenvalue weighted by atomic mass is 15.1. The van der Waals surface area contributed by atoms with Crippen LogP contribution in [0, 0.1) is 0 Å². The van der Waals surface area contributed by atoms with Crippen molar-refractivity contribution in [2.24, 2.45) is 10.7 Å². The lowest BCUT2D eigenvalue weighted by Gasteiger charge is -2.11. The third-order valence-electron chi connectivity index (χ3n) is 2.09. The van der Waals surface area contributed by atoms with Crippen LogP contribution in [0.4, 0.5) is 5.82 Å². The van der Waals surface area contributed by atoms with Crippen molar-refractivity contribution in [2.75, 3.05) is 25.5 Å². The molecule has 1 aromatic rings. The zero-order valence-electron chi connectivity index (χ0n) is 10.3. The van der Waals surface area contributed by atoms with E-state index < -0.39 is 0 Å². The van der Waals surface area contributed by atoms with Crippen LogP contribution in [0.3, 0.4) is 0 Å². The first kappa shape index (κ1) is 13.0. The third kappa shape index (κ3) is 4.55. The highest BCUT2D eigenvalue weighted by Gasteiger charge is 1.99. The molecule has 0 spiro atoms. The van der Waals surface area contributed by atoms with Crippen molar-refractivity contribution in [1.29, 1.82) is 0 Å². The Morgan fingerprint density at radius 3 is 3.00 bits per heavy atom. The van der Waals surface area contributed by atoms with E-state index in [0.717, 1.165) is 11.5 Å². The summed E-state index contributed by atoms with van der Waals surface area (Å²) < 4.78 is 0. The van der Waals surface area contributed by atoms with E-state index in [-0.39, 0.29) is 0 Å². The largest absolute Gasteiger partial charge is 0.370 e. The van der Waals surface area contributed by atoms with E-state index in [4.69, 9.17) is 5.73 Å². The predicted molar refractivity (Wildman–Crippen MR) is 72.1 cm³/mol. The average Bonchev–Trinajstić information content (AvgIpc) is 2.34. The molecule has 0 atom stereocenters. The van der Waals surface area contributed by atoms with Gasteiger partial charge in [-0.1, -0.05) is 12.1 Å². The monoisotopic (exact) mass is 233 g/mol. The van der Waals surface area contributed by atoms with Crippen LogP contribution in [0.1, 0.15) is 5.69 Å². The number of aromatic nitrogens is 1. The third-order valence-corrected chi connectivity index (χ3v) is 2.09. The van der Waals surface area contributed by atoms with Gasteiger partial charge in [0.15, 0.2) is 5.96 Å². The summed E-state index contributed by atoms with van der Waals surface area (Å²) in [5.74, 6) is 1.32. The molecule has 1 aromatic heterocycles. The van der Waals surface area contributed by atoms with E-state index in [2.05, 4.69) is 21.9 Å². The van der Waals surface area contributed by atoms with Crippen LogP contribution in [-0.4, -0.2) is 31.6 Å². The molecule has 92 valence electrons. The molecular weight excluding hydrogens is 214 g/mol. The topological polar surface area (TPSA) is 66.5 Å². The summed E-state index contributed by atoms with van der Waals surface area (Å²) in [4.78, 5) is 10.6. The van der Waals surface area contributed by atoms with Crippen LogP contribution in [0.15, 0.2) is 35.8 Å². The van der Waals surface area contributed by atoms with Gasteiger partial charge in [0.1, 0.15) is 5.82 Å². The van der Waals surface area contributed by atoms with Crippen LogP contribution in [-0.2, 0) is 6.54 Å². The van der Waals surface area contributed by atoms with Crippen molar-refractivity contribution >= 4 is 11.8 Å². The smallest absolute Gasteiger partial charge is 0.189 e. The molecule has 0 amide bonds. The van der Waals surface area contributed by atoms with Gasteiger partial charge >= 0.3 is 0 Å². The van der Waals surface area contributed by atoms with Crippen LogP contribution in [0.25, 0.3) is 0 Å². The molecule has 0 aliphatic carbocycles. The Morgan fingerprint density at radius 2 is 2.35 bits per heavy atom. The number of nitrogens with zero attached hydrogens (tertiary/aromatic N) is 3. The first-order valence-corrected chi connectivity index (χ1v) is 5.41. The summed E-state index contributed by atoms with van der Waals surface area (Å²) >= 11 is 0. The van der Waals surface area contributed by atoms with E-state index in [0.29, 0.717) is 19.0 Å². The predicted octanol–water partition coefficient (Wildman–Crippen LogP) is 0.738. The van der Waals surface area contributed by atoms with Gasteiger partial charge in [-0.05, 0) is 12.1 Å². The van der Waals surface area contributed by atoms with E-state index in [1.807, 2.05) is 37.2 Å². The number of anilines is 1. The highest BCUT2D eigenvalue weighted by molar-refractivity contribution is 5.77. The molecule has 0 saturated heterocycles. The fourth-order valence-corrected chi connectivity index (χ4v) is 1.20. The second-order valence-electron chi connectivity index (χ2n) is 3.75. The van der Waals surface area contributed by atoms with Crippen molar-refractivity contribution in [2.45, 2.75) is 6.54 Å². The lowest BCUT2D eigenvalue weighted by atomic mass is 10.3. The fourth-order valence-electron chi connectivity index (χ4n) is 1.20. The first-order valence-electron chi connectivity index (χ1n) is 5.41. The standard InChI is InChI=1S/C12H19N5/c1-4-8-14-12(13)15-9-10-6-5-7-11(16-10)17(2)3/h4-7H,1,8-9H2,2-3H3,(H3,13,14,15). The number of guanidine groups is 1. The molecule has 0 aliphatic rings. The van der Waals surface area contributed by atoms with Crippen molar-refractivity contribution in [3.8, 4) is 0 Å². The van der Waals surface area contributed by atoms with Crippen LogP contribution >= 0.6 is 0 Å². The molecule has 17 heavy (non-hydrogen) atoms. The van der Waals surface area contributed by atoms with Crippen molar-refractivity contribution < 1.29 is 0 Å². The normalized spacial score (nSPS) is 11.1. The Kier molecular flexibility index (Phi) is 5.00. The molecule has 3 N–H and O–H groups in total. The second kappa shape index (κ2) is 6.52. The minimum absolute atomic E-state index is 0.405. The van der Waals surface area contributed by atoms with Gasteiger partial charge in [0, 0.05) is 20.6 Å². The second-order valence-corrected chi connectivity index (χ2v) is 3.75. The molecule has 0 fully saturated rings. The van der Waals surface area contributed by atoms with Gasteiger partial charge in [-0.25, -0.2) is 9.98 Å². The molecule has 0 unspecified atom stereocenters. The lowest BCUT2D eigenvalue weighted by molar-refractivity contribution is 0.929. The minimum atomic E-state index is 0.405. The quantitative estimate of drug-likeness (QED) is 0.447. The number of pyridine rings is 1. The summed E-state index contributed by atoms with van der Waals surface area (Å²) in [6.07, 6.45) is 1.73. The number of rotatable bonds is 5. The molecule has 0 bridgehead atoms. The molecule has 5 nitrogen and oxygen atoms in total. The van der Waals surface area contributed by atoms with Gasteiger partial charge in [0.05, 0.1) is 12.2 Å². The first-order chi connectivity index (χ1) is 8.13. The Hall–Kier alpha value is -2.04. The maximum absolute atomic E-state index is 5.66. The molecule has 0 saturated carbocycles. The molecule has 0 aliphatic heterocycles. The fraction of sp³-hybridized carbons (Fsp3) is 0.333. The van der Waals surface area contributed by atoms with Crippen LogP contribution < -0.4 is 16.0 Å². The summed E-state index contributed by atoms with van der Waals surface area (Å²) in [6, 6.07) is 5.84. The Bertz CT molecular complexity index is 398. The van der Waals surface area contributed by atoms with Gasteiger partial charge in [-0.3, -0.25) is 0 Å². The van der Waals surface area contributed by atoms with E-state index >= 15 is 0 Å². The zero-order valence-corrected chi connectivity index (χ0v) is 10.3. The summed E-state index contributed by atoms with van der Waals surface area (Å²) in [6.45, 7) is 4.67. The summed E-state index contributed by atoms with van der Waals surface area (Å²) in [5.41, 5.74) is 6.55. The Morgan fingerprint density at radius 1 is 1.59 bits per heavy atom. The van der Waals surface area contributed by atoms with Crippen molar-refractivity contribution in [3.05, 3.63) is 36.5 Å². The maximum atomic E-state index is 5.66. The van der Waals surface area contributed by atoms with Gasteiger partial charge in [-0.2, -0.15) is 0 Å². The molecule has 1 rings (SSSR count). The van der Waals surface area contributed by atoms with Gasteiger partial charge in [-0.15, -0.1) is 6.58 Å². The number of hydrogen-bond acceptors (Lipinski definition) is 3. The van der Waals surface area contributed by atoms with Crippen LogP contribution in [0.5, 0.6) is 0 Å². The van der Waals surface area contributed by atoms with Crippen molar-refractivity contribution in [3.63, 3.8) is 0 Å². The molecular formula is C12H19N5. The highest BCUT2D eigenvalue weighted by Crippen LogP contribution is 2.08. The van der Waals surface area contributed by atoms with E-state index in [1.54, 1.807) is 6.08 Å². The summed E-state index contributed by atoms with van der Waals surface area (Å²) in [5, 5.41) is 2.91. The van der Waals surface area contributed by atoms with E-state index in [1.165, 1.54) is 0 Å². The maximum Gasteiger partial charge on any atom is 0.189 e. The number of hydrogen-bond donors (Lipinski definition) is 2. The summed E-state index contributed by atoms with van der Waals surface area (Å²) in [7, 11) is 3.91.